The normalized spacial score (nSPS) is 11.0. The van der Waals surface area contributed by atoms with Crippen LogP contribution in [0.15, 0.2) is 53.6 Å². The third-order valence-electron chi connectivity index (χ3n) is 4.74. The zero-order valence-corrected chi connectivity index (χ0v) is 15.9. The predicted octanol–water partition coefficient (Wildman–Crippen LogP) is 1.65. The van der Waals surface area contributed by atoms with Gasteiger partial charge in [-0.2, -0.15) is 0 Å². The SMILES string of the molecule is O=C(O)CNC(=O)c1c(O)c2cc(F)ccc2n(Cc2cccc3nccnc23)c1=O. The molecule has 2 aromatic heterocycles. The molecule has 1 amide bonds. The first-order valence-corrected chi connectivity index (χ1v) is 9.10. The maximum absolute atomic E-state index is 13.9. The highest BCUT2D eigenvalue weighted by atomic mass is 19.1. The van der Waals surface area contributed by atoms with Crippen molar-refractivity contribution < 1.29 is 24.2 Å². The van der Waals surface area contributed by atoms with Gasteiger partial charge in [-0.3, -0.25) is 24.4 Å². The molecule has 0 fully saturated rings. The summed E-state index contributed by atoms with van der Waals surface area (Å²) in [6.07, 6.45) is 3.03. The van der Waals surface area contributed by atoms with Crippen LogP contribution in [0.2, 0.25) is 0 Å². The van der Waals surface area contributed by atoms with Gasteiger partial charge in [0.15, 0.2) is 0 Å². The molecule has 2 heterocycles. The molecule has 0 atom stereocenters. The van der Waals surface area contributed by atoms with E-state index in [0.717, 1.165) is 12.1 Å². The van der Waals surface area contributed by atoms with E-state index in [-0.39, 0.29) is 17.4 Å². The fourth-order valence-electron chi connectivity index (χ4n) is 3.37. The summed E-state index contributed by atoms with van der Waals surface area (Å²) in [5.74, 6) is -3.81. The summed E-state index contributed by atoms with van der Waals surface area (Å²) in [6, 6.07) is 8.67. The molecule has 31 heavy (non-hydrogen) atoms. The summed E-state index contributed by atoms with van der Waals surface area (Å²) in [5, 5.41) is 21.3. The summed E-state index contributed by atoms with van der Waals surface area (Å²) >= 11 is 0. The Kier molecular flexibility index (Phi) is 5.04. The lowest BCUT2D eigenvalue weighted by molar-refractivity contribution is -0.135. The molecule has 4 rings (SSSR count). The van der Waals surface area contributed by atoms with Gasteiger partial charge in [0.1, 0.15) is 23.7 Å². The Bertz CT molecular complexity index is 1410. The number of carbonyl (C=O) groups excluding carboxylic acids is 1. The Hall–Kier alpha value is -4.34. The van der Waals surface area contributed by atoms with Crippen molar-refractivity contribution in [2.24, 2.45) is 0 Å². The number of benzene rings is 2. The first-order valence-electron chi connectivity index (χ1n) is 9.10. The van der Waals surface area contributed by atoms with Crippen molar-refractivity contribution in [1.29, 1.82) is 0 Å². The van der Waals surface area contributed by atoms with Crippen molar-refractivity contribution in [3.05, 3.63) is 76.1 Å². The van der Waals surface area contributed by atoms with Crippen molar-refractivity contribution in [3.8, 4) is 5.75 Å². The van der Waals surface area contributed by atoms with E-state index in [1.807, 2.05) is 0 Å². The van der Waals surface area contributed by atoms with E-state index in [9.17, 15) is 23.9 Å². The fourth-order valence-corrected chi connectivity index (χ4v) is 3.37. The molecule has 0 aliphatic carbocycles. The molecule has 0 bridgehead atoms. The van der Waals surface area contributed by atoms with Gasteiger partial charge < -0.3 is 20.1 Å². The summed E-state index contributed by atoms with van der Waals surface area (Å²) < 4.78 is 15.1. The van der Waals surface area contributed by atoms with Crippen LogP contribution >= 0.6 is 0 Å². The highest BCUT2D eigenvalue weighted by Gasteiger charge is 2.23. The number of aromatic hydroxyl groups is 1. The summed E-state index contributed by atoms with van der Waals surface area (Å²) in [4.78, 5) is 44.9. The Morgan fingerprint density at radius 2 is 1.90 bits per heavy atom. The van der Waals surface area contributed by atoms with Gasteiger partial charge in [0, 0.05) is 17.8 Å². The molecule has 0 spiro atoms. The molecule has 3 N–H and O–H groups in total. The molecule has 0 aliphatic heterocycles. The van der Waals surface area contributed by atoms with Crippen LogP contribution in [0.1, 0.15) is 15.9 Å². The van der Waals surface area contributed by atoms with Crippen LogP contribution < -0.4 is 10.9 Å². The van der Waals surface area contributed by atoms with Crippen LogP contribution in [0.3, 0.4) is 0 Å². The molecule has 0 saturated heterocycles. The van der Waals surface area contributed by atoms with Gasteiger partial charge in [-0.15, -0.1) is 0 Å². The number of fused-ring (bicyclic) bond motifs is 2. The number of rotatable bonds is 5. The number of nitrogens with zero attached hydrogens (tertiary/aromatic N) is 3. The average Bonchev–Trinajstić information content (AvgIpc) is 2.75. The number of para-hydroxylation sites is 1. The van der Waals surface area contributed by atoms with Crippen LogP contribution in [-0.2, 0) is 11.3 Å². The topological polar surface area (TPSA) is 134 Å². The Balaban J connectivity index is 1.94. The lowest BCUT2D eigenvalue weighted by atomic mass is 10.1. The molecule has 0 aliphatic rings. The molecule has 156 valence electrons. The number of pyridine rings is 1. The minimum atomic E-state index is -1.32. The van der Waals surface area contributed by atoms with E-state index in [0.29, 0.717) is 16.6 Å². The predicted molar refractivity (Wildman–Crippen MR) is 108 cm³/mol. The lowest BCUT2D eigenvalue weighted by Gasteiger charge is -2.15. The Morgan fingerprint density at radius 3 is 2.68 bits per heavy atom. The maximum Gasteiger partial charge on any atom is 0.322 e. The van der Waals surface area contributed by atoms with Gasteiger partial charge in [0.25, 0.3) is 11.5 Å². The molecular formula is C21H15FN4O5. The minimum absolute atomic E-state index is 0.0451. The van der Waals surface area contributed by atoms with E-state index in [4.69, 9.17) is 5.11 Å². The van der Waals surface area contributed by atoms with Crippen LogP contribution in [-0.4, -0.2) is 43.2 Å². The standard InChI is InChI=1S/C21H15FN4O5/c22-12-4-5-15-13(8-12)19(29)17(20(30)25-9-16(27)28)21(31)26(15)10-11-2-1-3-14-18(11)24-7-6-23-14/h1-8,29H,9-10H2,(H,25,30)(H,27,28). The third kappa shape index (κ3) is 3.66. The Morgan fingerprint density at radius 1 is 1.13 bits per heavy atom. The van der Waals surface area contributed by atoms with E-state index in [2.05, 4.69) is 15.3 Å². The molecule has 0 saturated carbocycles. The molecule has 0 unspecified atom stereocenters. The summed E-state index contributed by atoms with van der Waals surface area (Å²) in [6.45, 7) is -0.797. The smallest absolute Gasteiger partial charge is 0.322 e. The second-order valence-electron chi connectivity index (χ2n) is 6.69. The largest absolute Gasteiger partial charge is 0.506 e. The van der Waals surface area contributed by atoms with E-state index >= 15 is 0 Å². The number of halogens is 1. The van der Waals surface area contributed by atoms with Crippen molar-refractivity contribution in [1.82, 2.24) is 19.9 Å². The van der Waals surface area contributed by atoms with Crippen molar-refractivity contribution >= 4 is 33.8 Å². The summed E-state index contributed by atoms with van der Waals surface area (Å²) in [5.41, 5.74) is 0.408. The Labute approximate surface area is 173 Å². The zero-order valence-electron chi connectivity index (χ0n) is 15.9. The molecular weight excluding hydrogens is 407 g/mol. The number of carbonyl (C=O) groups is 2. The van der Waals surface area contributed by atoms with E-state index < -0.39 is 41.1 Å². The van der Waals surface area contributed by atoms with Gasteiger partial charge in [0.2, 0.25) is 0 Å². The monoisotopic (exact) mass is 422 g/mol. The number of aliphatic carboxylic acids is 1. The number of hydrogen-bond donors (Lipinski definition) is 3. The van der Waals surface area contributed by atoms with Gasteiger partial charge in [-0.1, -0.05) is 12.1 Å². The zero-order chi connectivity index (χ0) is 22.1. The maximum atomic E-state index is 13.9. The second kappa shape index (κ2) is 7.82. The van der Waals surface area contributed by atoms with Crippen molar-refractivity contribution in [2.75, 3.05) is 6.54 Å². The number of nitrogens with one attached hydrogen (secondary N) is 1. The highest BCUT2D eigenvalue weighted by molar-refractivity contribution is 6.03. The third-order valence-corrected chi connectivity index (χ3v) is 4.74. The van der Waals surface area contributed by atoms with E-state index in [1.54, 1.807) is 18.2 Å². The average molecular weight is 422 g/mol. The fraction of sp³-hybridized carbons (Fsp3) is 0.0952. The number of hydrogen-bond acceptors (Lipinski definition) is 6. The van der Waals surface area contributed by atoms with E-state index in [1.165, 1.54) is 23.0 Å². The number of aromatic nitrogens is 3. The molecule has 0 radical (unpaired) electrons. The quantitative estimate of drug-likeness (QED) is 0.445. The summed E-state index contributed by atoms with van der Waals surface area (Å²) in [7, 11) is 0. The highest BCUT2D eigenvalue weighted by Crippen LogP contribution is 2.28. The molecule has 9 nitrogen and oxygen atoms in total. The first kappa shape index (κ1) is 20.0. The first-order chi connectivity index (χ1) is 14.9. The van der Waals surface area contributed by atoms with Crippen LogP contribution in [0.4, 0.5) is 4.39 Å². The molecule has 4 aromatic rings. The number of carboxylic acids is 1. The van der Waals surface area contributed by atoms with Crippen LogP contribution in [0, 0.1) is 5.82 Å². The van der Waals surface area contributed by atoms with Crippen LogP contribution in [0.25, 0.3) is 21.9 Å². The van der Waals surface area contributed by atoms with Crippen LogP contribution in [0.5, 0.6) is 5.75 Å². The number of amides is 1. The van der Waals surface area contributed by atoms with Crippen molar-refractivity contribution in [3.63, 3.8) is 0 Å². The lowest BCUT2D eigenvalue weighted by Crippen LogP contribution is -2.36. The van der Waals surface area contributed by atoms with Gasteiger partial charge in [0.05, 0.1) is 23.1 Å². The van der Waals surface area contributed by atoms with Crippen molar-refractivity contribution in [2.45, 2.75) is 6.54 Å². The molecule has 2 aromatic carbocycles. The van der Waals surface area contributed by atoms with Gasteiger partial charge in [-0.05, 0) is 29.8 Å². The molecule has 10 heteroatoms. The minimum Gasteiger partial charge on any atom is -0.506 e. The van der Waals surface area contributed by atoms with Gasteiger partial charge in [-0.25, -0.2) is 4.39 Å². The van der Waals surface area contributed by atoms with Gasteiger partial charge >= 0.3 is 5.97 Å². The second-order valence-corrected chi connectivity index (χ2v) is 6.69. The number of carboxylic acid groups (broad SMARTS) is 1.